The van der Waals surface area contributed by atoms with Crippen LogP contribution < -0.4 is 4.90 Å². The minimum absolute atomic E-state index is 0.0305. The van der Waals surface area contributed by atoms with Crippen LogP contribution in [0.1, 0.15) is 0 Å². The zero-order chi connectivity index (χ0) is 19.3. The second-order valence-corrected chi connectivity index (χ2v) is 6.25. The van der Waals surface area contributed by atoms with Crippen molar-refractivity contribution in [3.05, 3.63) is 97.1 Å². The molecule has 0 radical (unpaired) electrons. The summed E-state index contributed by atoms with van der Waals surface area (Å²) in [6.45, 7) is 0. The topological polar surface area (TPSA) is 52.9 Å². The summed E-state index contributed by atoms with van der Waals surface area (Å²) in [6.07, 6.45) is 1.24. The highest BCUT2D eigenvalue weighted by Crippen LogP contribution is 2.32. The Morgan fingerprint density at radius 1 is 0.786 bits per heavy atom. The fourth-order valence-electron chi connectivity index (χ4n) is 3.12. The Morgan fingerprint density at radius 2 is 1.46 bits per heavy atom. The van der Waals surface area contributed by atoms with Crippen molar-refractivity contribution in [2.75, 3.05) is 4.90 Å². The number of hydrogen-bond donors (Lipinski definition) is 1. The number of nitrogens with zero attached hydrogens (tertiary/aromatic N) is 2. The van der Waals surface area contributed by atoms with Gasteiger partial charge in [-0.1, -0.05) is 66.7 Å². The summed E-state index contributed by atoms with van der Waals surface area (Å²) < 4.78 is 0. The molecule has 0 spiro atoms. The van der Waals surface area contributed by atoms with Crippen LogP contribution in [0.4, 0.5) is 17.1 Å². The normalized spacial score (nSPS) is 11.0. The minimum Gasteiger partial charge on any atom is -0.506 e. The molecule has 4 aromatic carbocycles. The maximum Gasteiger partial charge on any atom is 0.274 e. The Balaban J connectivity index is 1.80. The second-order valence-electron chi connectivity index (χ2n) is 6.25. The van der Waals surface area contributed by atoms with Gasteiger partial charge in [0, 0.05) is 11.1 Å². The summed E-state index contributed by atoms with van der Waals surface area (Å²) in [7, 11) is 0. The summed E-state index contributed by atoms with van der Waals surface area (Å²) in [6, 6.07) is 29.9. The van der Waals surface area contributed by atoms with Gasteiger partial charge in [-0.25, -0.2) is 4.99 Å². The fraction of sp³-hybridized carbons (Fsp3) is 0. The Hall–Kier alpha value is -3.92. The molecule has 0 saturated carbocycles. The van der Waals surface area contributed by atoms with E-state index in [4.69, 9.17) is 0 Å². The number of amides is 1. The highest BCUT2D eigenvalue weighted by atomic mass is 16.3. The largest absolute Gasteiger partial charge is 0.506 e. The van der Waals surface area contributed by atoms with Crippen LogP contribution in [-0.4, -0.2) is 17.2 Å². The van der Waals surface area contributed by atoms with Crippen molar-refractivity contribution >= 4 is 40.0 Å². The predicted octanol–water partition coefficient (Wildman–Crippen LogP) is 5.61. The molecule has 0 atom stereocenters. The summed E-state index contributed by atoms with van der Waals surface area (Å²) in [5.41, 5.74) is 1.87. The molecule has 136 valence electrons. The van der Waals surface area contributed by atoms with Crippen molar-refractivity contribution in [3.8, 4) is 5.75 Å². The molecule has 4 heteroatoms. The SMILES string of the molecule is O=C(C=Nc1ccccc1O)N(c1ccccc1)c1cccc2ccccc12. The molecule has 0 bridgehead atoms. The lowest BCUT2D eigenvalue weighted by molar-refractivity contribution is -0.111. The smallest absolute Gasteiger partial charge is 0.274 e. The molecule has 4 nitrogen and oxygen atoms in total. The van der Waals surface area contributed by atoms with E-state index in [0.717, 1.165) is 22.1 Å². The molecule has 0 aliphatic carbocycles. The second kappa shape index (κ2) is 7.76. The van der Waals surface area contributed by atoms with E-state index in [1.54, 1.807) is 23.1 Å². The summed E-state index contributed by atoms with van der Waals surface area (Å²) in [5, 5.41) is 11.9. The Bertz CT molecular complexity index is 1150. The van der Waals surface area contributed by atoms with Crippen LogP contribution in [-0.2, 0) is 4.79 Å². The van der Waals surface area contributed by atoms with Gasteiger partial charge >= 0.3 is 0 Å². The van der Waals surface area contributed by atoms with Gasteiger partial charge in [-0.15, -0.1) is 0 Å². The number of phenols is 1. The van der Waals surface area contributed by atoms with Gasteiger partial charge in [0.05, 0.1) is 11.9 Å². The van der Waals surface area contributed by atoms with E-state index in [-0.39, 0.29) is 11.7 Å². The maximum absolute atomic E-state index is 13.2. The molecular formula is C24H18N2O2. The number of aromatic hydroxyl groups is 1. The number of hydrogen-bond acceptors (Lipinski definition) is 3. The lowest BCUT2D eigenvalue weighted by Crippen LogP contribution is -2.27. The van der Waals surface area contributed by atoms with E-state index in [2.05, 4.69) is 4.99 Å². The summed E-state index contributed by atoms with van der Waals surface area (Å²) in [4.78, 5) is 19.0. The molecule has 28 heavy (non-hydrogen) atoms. The van der Waals surface area contributed by atoms with Gasteiger partial charge < -0.3 is 5.11 Å². The molecule has 0 unspecified atom stereocenters. The first kappa shape index (κ1) is 17.5. The number of carbonyl (C=O) groups excluding carboxylic acids is 1. The molecule has 0 fully saturated rings. The molecule has 4 aromatic rings. The third-order valence-electron chi connectivity index (χ3n) is 4.44. The third-order valence-corrected chi connectivity index (χ3v) is 4.44. The van der Waals surface area contributed by atoms with Crippen LogP contribution in [0.25, 0.3) is 10.8 Å². The van der Waals surface area contributed by atoms with Crippen molar-refractivity contribution in [2.24, 2.45) is 4.99 Å². The van der Waals surface area contributed by atoms with Crippen LogP contribution in [0.3, 0.4) is 0 Å². The van der Waals surface area contributed by atoms with Crippen LogP contribution in [0, 0.1) is 0 Å². The lowest BCUT2D eigenvalue weighted by atomic mass is 10.1. The van der Waals surface area contributed by atoms with Gasteiger partial charge in [0.1, 0.15) is 11.4 Å². The first-order chi connectivity index (χ1) is 13.7. The molecule has 4 rings (SSSR count). The lowest BCUT2D eigenvalue weighted by Gasteiger charge is -2.23. The van der Waals surface area contributed by atoms with Crippen molar-refractivity contribution in [1.29, 1.82) is 0 Å². The van der Waals surface area contributed by atoms with Crippen LogP contribution in [0.15, 0.2) is 102 Å². The molecule has 1 amide bonds. The Kier molecular flexibility index (Phi) is 4.85. The number of benzene rings is 4. The van der Waals surface area contributed by atoms with Gasteiger partial charge in [0.2, 0.25) is 0 Å². The molecule has 0 heterocycles. The zero-order valence-electron chi connectivity index (χ0n) is 15.1. The van der Waals surface area contributed by atoms with Gasteiger partial charge in [-0.3, -0.25) is 9.69 Å². The first-order valence-electron chi connectivity index (χ1n) is 8.93. The highest BCUT2D eigenvalue weighted by molar-refractivity contribution is 6.36. The number of phenolic OH excluding ortho intramolecular Hbond substituents is 1. The summed E-state index contributed by atoms with van der Waals surface area (Å²) in [5.74, 6) is -0.270. The van der Waals surface area contributed by atoms with Gasteiger partial charge in [-0.2, -0.15) is 0 Å². The van der Waals surface area contributed by atoms with E-state index in [0.29, 0.717) is 5.69 Å². The predicted molar refractivity (Wildman–Crippen MR) is 114 cm³/mol. The first-order valence-corrected chi connectivity index (χ1v) is 8.93. The van der Waals surface area contributed by atoms with E-state index in [9.17, 15) is 9.90 Å². The van der Waals surface area contributed by atoms with Crippen molar-refractivity contribution in [1.82, 2.24) is 0 Å². The van der Waals surface area contributed by atoms with Gasteiger partial charge in [0.15, 0.2) is 0 Å². The van der Waals surface area contributed by atoms with E-state index >= 15 is 0 Å². The van der Waals surface area contributed by atoms with Gasteiger partial charge in [0.25, 0.3) is 5.91 Å². The molecule has 0 aliphatic rings. The Morgan fingerprint density at radius 3 is 2.29 bits per heavy atom. The average molecular weight is 366 g/mol. The van der Waals surface area contributed by atoms with Crippen molar-refractivity contribution in [2.45, 2.75) is 0 Å². The molecule has 0 aromatic heterocycles. The standard InChI is InChI=1S/C24H18N2O2/c27-23-16-7-6-14-21(23)25-17-24(28)26(19-11-2-1-3-12-19)22-15-8-10-18-9-4-5-13-20(18)22/h1-17,27H. The number of aliphatic imine (C=N–C) groups is 1. The number of anilines is 2. The minimum atomic E-state index is -0.300. The van der Waals surface area contributed by atoms with Crippen LogP contribution in [0.5, 0.6) is 5.75 Å². The number of carbonyl (C=O) groups is 1. The zero-order valence-corrected chi connectivity index (χ0v) is 15.1. The van der Waals surface area contributed by atoms with Crippen LogP contribution >= 0.6 is 0 Å². The summed E-state index contributed by atoms with van der Waals surface area (Å²) >= 11 is 0. The van der Waals surface area contributed by atoms with Crippen molar-refractivity contribution in [3.63, 3.8) is 0 Å². The quantitative estimate of drug-likeness (QED) is 0.477. The Labute approximate surface area is 163 Å². The van der Waals surface area contributed by atoms with E-state index in [1.807, 2.05) is 72.8 Å². The maximum atomic E-state index is 13.2. The number of para-hydroxylation sites is 3. The fourth-order valence-corrected chi connectivity index (χ4v) is 3.12. The molecule has 1 N–H and O–H groups in total. The highest BCUT2D eigenvalue weighted by Gasteiger charge is 2.18. The van der Waals surface area contributed by atoms with Crippen molar-refractivity contribution < 1.29 is 9.90 Å². The third kappa shape index (κ3) is 3.48. The number of rotatable bonds is 4. The molecule has 0 aliphatic heterocycles. The monoisotopic (exact) mass is 366 g/mol. The van der Waals surface area contributed by atoms with Crippen LogP contribution in [0.2, 0.25) is 0 Å². The molecular weight excluding hydrogens is 348 g/mol. The molecule has 0 saturated heterocycles. The van der Waals surface area contributed by atoms with E-state index in [1.165, 1.54) is 12.3 Å². The number of fused-ring (bicyclic) bond motifs is 1. The van der Waals surface area contributed by atoms with E-state index < -0.39 is 0 Å². The van der Waals surface area contributed by atoms with Gasteiger partial charge in [-0.05, 0) is 35.7 Å². The average Bonchev–Trinajstić information content (AvgIpc) is 2.74.